The summed E-state index contributed by atoms with van der Waals surface area (Å²) >= 11 is 9.90. The maximum atomic E-state index is 12.7. The van der Waals surface area contributed by atoms with Gasteiger partial charge in [0.1, 0.15) is 5.56 Å². The number of hydrogen-bond acceptors (Lipinski definition) is 3. The van der Waals surface area contributed by atoms with Crippen LogP contribution in [0.3, 0.4) is 0 Å². The molecule has 1 saturated heterocycles. The van der Waals surface area contributed by atoms with Crippen LogP contribution in [0.25, 0.3) is 10.9 Å². The Hall–Kier alpha value is -1.33. The summed E-state index contributed by atoms with van der Waals surface area (Å²) in [4.78, 5) is 18.9. The number of nitrogens with zero attached hydrogens (tertiary/aromatic N) is 2. The van der Waals surface area contributed by atoms with Crippen LogP contribution in [-0.2, 0) is 0 Å². The van der Waals surface area contributed by atoms with Crippen molar-refractivity contribution in [2.24, 2.45) is 0 Å². The Bertz CT molecular complexity index is 714. The summed E-state index contributed by atoms with van der Waals surface area (Å²) in [5, 5.41) is 1.14. The third-order valence-electron chi connectivity index (χ3n) is 3.65. The number of ether oxygens (including phenoxy) is 1. The molecule has 1 amide bonds. The number of aromatic nitrogens is 1. The second-order valence-electron chi connectivity index (χ2n) is 4.97. The summed E-state index contributed by atoms with van der Waals surface area (Å²) in [5.74, 6) is 0.176. The molecular weight excluding hydrogens is 356 g/mol. The molecule has 1 fully saturated rings. The van der Waals surface area contributed by atoms with Gasteiger partial charge in [-0.25, -0.2) is 4.98 Å². The van der Waals surface area contributed by atoms with Gasteiger partial charge in [-0.1, -0.05) is 27.5 Å². The Balaban J connectivity index is 2.19. The van der Waals surface area contributed by atoms with Crippen molar-refractivity contribution in [3.05, 3.63) is 33.3 Å². The number of halogens is 2. The highest BCUT2D eigenvalue weighted by atomic mass is 79.9. The molecule has 21 heavy (non-hydrogen) atoms. The highest BCUT2D eigenvalue weighted by molar-refractivity contribution is 9.10. The van der Waals surface area contributed by atoms with Gasteiger partial charge in [0.25, 0.3) is 5.91 Å². The van der Waals surface area contributed by atoms with Gasteiger partial charge in [-0.3, -0.25) is 4.79 Å². The van der Waals surface area contributed by atoms with E-state index in [0.29, 0.717) is 16.1 Å². The monoisotopic (exact) mass is 368 g/mol. The van der Waals surface area contributed by atoms with Gasteiger partial charge in [0.15, 0.2) is 0 Å². The molecule has 0 N–H and O–H groups in total. The zero-order valence-corrected chi connectivity index (χ0v) is 13.9. The predicted octanol–water partition coefficient (Wildman–Crippen LogP) is 3.90. The van der Waals surface area contributed by atoms with Gasteiger partial charge in [-0.05, 0) is 31.0 Å². The molecule has 4 nitrogen and oxygen atoms in total. The third-order valence-corrected chi connectivity index (χ3v) is 4.54. The first-order valence-electron chi connectivity index (χ1n) is 6.74. The lowest BCUT2D eigenvalue weighted by Crippen LogP contribution is -2.28. The van der Waals surface area contributed by atoms with Crippen molar-refractivity contribution in [3.8, 4) is 5.88 Å². The van der Waals surface area contributed by atoms with Gasteiger partial charge >= 0.3 is 0 Å². The molecule has 1 aromatic carbocycles. The van der Waals surface area contributed by atoms with Gasteiger partial charge in [0.2, 0.25) is 5.88 Å². The topological polar surface area (TPSA) is 42.4 Å². The molecule has 1 aliphatic heterocycles. The first-order chi connectivity index (χ1) is 10.1. The van der Waals surface area contributed by atoms with Crippen LogP contribution in [0, 0.1) is 0 Å². The maximum absolute atomic E-state index is 12.7. The summed E-state index contributed by atoms with van der Waals surface area (Å²) in [6, 6.07) is 5.59. The quantitative estimate of drug-likeness (QED) is 0.806. The van der Waals surface area contributed by atoms with E-state index in [1.54, 1.807) is 4.90 Å². The molecule has 1 aliphatic rings. The van der Waals surface area contributed by atoms with Crippen molar-refractivity contribution in [3.63, 3.8) is 0 Å². The Morgan fingerprint density at radius 1 is 1.38 bits per heavy atom. The number of methoxy groups -OCH3 is 1. The first-order valence-corrected chi connectivity index (χ1v) is 7.91. The lowest BCUT2D eigenvalue weighted by Gasteiger charge is -2.18. The van der Waals surface area contributed by atoms with Crippen LogP contribution in [0.1, 0.15) is 23.2 Å². The van der Waals surface area contributed by atoms with Gasteiger partial charge in [-0.15, -0.1) is 0 Å². The first kappa shape index (κ1) is 14.6. The Morgan fingerprint density at radius 3 is 2.76 bits per heavy atom. The van der Waals surface area contributed by atoms with E-state index in [1.807, 2.05) is 18.2 Å². The largest absolute Gasteiger partial charge is 0.480 e. The Labute approximate surface area is 136 Å². The molecular formula is C15H14BrClN2O2. The normalized spacial score (nSPS) is 14.7. The molecule has 0 aliphatic carbocycles. The van der Waals surface area contributed by atoms with Crippen LogP contribution >= 0.6 is 27.5 Å². The number of benzene rings is 1. The van der Waals surface area contributed by atoms with E-state index in [0.717, 1.165) is 35.8 Å². The fourth-order valence-corrected chi connectivity index (χ4v) is 3.26. The molecule has 0 atom stereocenters. The third kappa shape index (κ3) is 2.60. The summed E-state index contributed by atoms with van der Waals surface area (Å²) in [7, 11) is 1.50. The van der Waals surface area contributed by atoms with Crippen molar-refractivity contribution >= 4 is 44.3 Å². The molecule has 6 heteroatoms. The highest BCUT2D eigenvalue weighted by Gasteiger charge is 2.27. The van der Waals surface area contributed by atoms with Crippen LogP contribution in [0.15, 0.2) is 22.7 Å². The number of likely N-dealkylation sites (tertiary alicyclic amines) is 1. The molecule has 110 valence electrons. The van der Waals surface area contributed by atoms with Crippen molar-refractivity contribution in [1.82, 2.24) is 9.88 Å². The number of pyridine rings is 1. The minimum atomic E-state index is -0.108. The summed E-state index contributed by atoms with van der Waals surface area (Å²) in [6.07, 6.45) is 2.05. The van der Waals surface area contributed by atoms with Crippen LogP contribution < -0.4 is 4.74 Å². The summed E-state index contributed by atoms with van der Waals surface area (Å²) < 4.78 is 6.18. The van der Waals surface area contributed by atoms with E-state index in [2.05, 4.69) is 20.9 Å². The number of rotatable bonds is 2. The highest BCUT2D eigenvalue weighted by Crippen LogP contribution is 2.35. The minimum absolute atomic E-state index is 0.108. The predicted molar refractivity (Wildman–Crippen MR) is 86.1 cm³/mol. The number of hydrogen-bond donors (Lipinski definition) is 0. The molecule has 3 rings (SSSR count). The zero-order chi connectivity index (χ0) is 15.0. The average Bonchev–Trinajstić information content (AvgIpc) is 3.01. The molecule has 2 heterocycles. The van der Waals surface area contributed by atoms with E-state index >= 15 is 0 Å². The van der Waals surface area contributed by atoms with E-state index in [1.165, 1.54) is 7.11 Å². The number of amides is 1. The molecule has 0 unspecified atom stereocenters. The number of fused-ring (bicyclic) bond motifs is 1. The van der Waals surface area contributed by atoms with E-state index in [4.69, 9.17) is 16.3 Å². The van der Waals surface area contributed by atoms with Crippen molar-refractivity contribution < 1.29 is 9.53 Å². The second-order valence-corrected chi connectivity index (χ2v) is 6.26. The smallest absolute Gasteiger partial charge is 0.260 e. The fraction of sp³-hybridized carbons (Fsp3) is 0.333. The van der Waals surface area contributed by atoms with Gasteiger partial charge in [0.05, 0.1) is 17.6 Å². The Kier molecular flexibility index (Phi) is 4.04. The molecule has 0 saturated carbocycles. The molecule has 0 radical (unpaired) electrons. The lowest BCUT2D eigenvalue weighted by molar-refractivity contribution is 0.0789. The molecule has 0 bridgehead atoms. The minimum Gasteiger partial charge on any atom is -0.480 e. The lowest BCUT2D eigenvalue weighted by atomic mass is 10.1. The standard InChI is InChI=1S/C15H14BrClN2O2/c1-21-14-12(15(20)19-6-2-3-7-19)13(17)10-8-9(16)4-5-11(10)18-14/h4-5,8H,2-3,6-7H2,1H3. The Morgan fingerprint density at radius 2 is 2.10 bits per heavy atom. The number of carbonyl (C=O) groups is 1. The SMILES string of the molecule is COc1nc2ccc(Br)cc2c(Cl)c1C(=O)N1CCCC1. The van der Waals surface area contributed by atoms with Crippen molar-refractivity contribution in [2.45, 2.75) is 12.8 Å². The molecule has 2 aromatic rings. The van der Waals surface area contributed by atoms with Crippen LogP contribution in [0.5, 0.6) is 5.88 Å². The van der Waals surface area contributed by atoms with E-state index in [-0.39, 0.29) is 11.8 Å². The van der Waals surface area contributed by atoms with Crippen molar-refractivity contribution in [1.29, 1.82) is 0 Å². The van der Waals surface area contributed by atoms with E-state index in [9.17, 15) is 4.79 Å². The number of carbonyl (C=O) groups excluding carboxylic acids is 1. The maximum Gasteiger partial charge on any atom is 0.260 e. The van der Waals surface area contributed by atoms with Gasteiger partial charge < -0.3 is 9.64 Å². The summed E-state index contributed by atoms with van der Waals surface area (Å²) in [5.41, 5.74) is 1.06. The van der Waals surface area contributed by atoms with Crippen molar-refractivity contribution in [2.75, 3.05) is 20.2 Å². The summed E-state index contributed by atoms with van der Waals surface area (Å²) in [6.45, 7) is 1.52. The van der Waals surface area contributed by atoms with Crippen LogP contribution in [0.4, 0.5) is 0 Å². The van der Waals surface area contributed by atoms with Crippen LogP contribution in [-0.4, -0.2) is 36.0 Å². The van der Waals surface area contributed by atoms with Crippen LogP contribution in [0.2, 0.25) is 5.02 Å². The fourth-order valence-electron chi connectivity index (χ4n) is 2.59. The second kappa shape index (κ2) is 5.81. The zero-order valence-electron chi connectivity index (χ0n) is 11.5. The molecule has 0 spiro atoms. The molecule has 1 aromatic heterocycles. The van der Waals surface area contributed by atoms with E-state index < -0.39 is 0 Å². The average molecular weight is 370 g/mol. The van der Waals surface area contributed by atoms with Gasteiger partial charge in [-0.2, -0.15) is 0 Å². The van der Waals surface area contributed by atoms with Gasteiger partial charge in [0, 0.05) is 22.9 Å².